The number of benzene rings is 2. The Bertz CT molecular complexity index is 1020. The number of rotatable bonds is 9. The molecule has 0 aliphatic rings. The van der Waals surface area contributed by atoms with Gasteiger partial charge in [-0.25, -0.2) is 5.43 Å². The third-order valence-corrected chi connectivity index (χ3v) is 5.18. The van der Waals surface area contributed by atoms with Crippen molar-refractivity contribution in [2.75, 3.05) is 20.0 Å². The van der Waals surface area contributed by atoms with E-state index in [2.05, 4.69) is 20.7 Å². The van der Waals surface area contributed by atoms with Gasteiger partial charge >= 0.3 is 0 Å². The third kappa shape index (κ3) is 5.18. The molecule has 0 fully saturated rings. The smallest absolute Gasteiger partial charge is 0.250 e. The molecule has 1 heterocycles. The fraction of sp³-hybridized carbons (Fsp3) is 0.238. The van der Waals surface area contributed by atoms with E-state index >= 15 is 0 Å². The molecule has 0 saturated heterocycles. The van der Waals surface area contributed by atoms with Crippen LogP contribution >= 0.6 is 11.8 Å². The van der Waals surface area contributed by atoms with Gasteiger partial charge in [-0.3, -0.25) is 4.79 Å². The summed E-state index contributed by atoms with van der Waals surface area (Å²) in [6, 6.07) is 15.1. The molecule has 3 rings (SSSR count). The van der Waals surface area contributed by atoms with Gasteiger partial charge in [-0.2, -0.15) is 5.10 Å². The Balaban J connectivity index is 1.66. The highest BCUT2D eigenvalue weighted by atomic mass is 32.2. The monoisotopic (exact) mass is 425 g/mol. The van der Waals surface area contributed by atoms with Crippen molar-refractivity contribution in [1.29, 1.82) is 0 Å². The molecule has 0 aliphatic carbocycles. The van der Waals surface area contributed by atoms with Gasteiger partial charge in [0.1, 0.15) is 0 Å². The molecule has 2 aromatic carbocycles. The van der Waals surface area contributed by atoms with E-state index in [4.69, 9.17) is 9.47 Å². The first-order valence-corrected chi connectivity index (χ1v) is 10.3. The third-order valence-electron chi connectivity index (χ3n) is 4.21. The Labute approximate surface area is 179 Å². The number of nitrogens with one attached hydrogen (secondary N) is 1. The molecule has 0 atom stereocenters. The summed E-state index contributed by atoms with van der Waals surface area (Å²) < 4.78 is 12.6. The van der Waals surface area contributed by atoms with E-state index in [-0.39, 0.29) is 11.7 Å². The number of thioether (sulfide) groups is 1. The van der Waals surface area contributed by atoms with Crippen LogP contribution in [0.4, 0.5) is 0 Å². The van der Waals surface area contributed by atoms with E-state index in [1.54, 1.807) is 20.4 Å². The summed E-state index contributed by atoms with van der Waals surface area (Å²) in [7, 11) is 3.18. The Morgan fingerprint density at radius 2 is 1.90 bits per heavy atom. The van der Waals surface area contributed by atoms with Gasteiger partial charge in [0.05, 0.1) is 26.2 Å². The second-order valence-electron chi connectivity index (χ2n) is 6.11. The first-order chi connectivity index (χ1) is 14.7. The summed E-state index contributed by atoms with van der Waals surface area (Å²) >= 11 is 1.31. The number of carbonyl (C=O) groups excluding carboxylic acids is 1. The number of amides is 1. The molecule has 0 spiro atoms. The van der Waals surface area contributed by atoms with Gasteiger partial charge in [0, 0.05) is 12.1 Å². The number of ether oxygens (including phenoxy) is 2. The molecule has 0 saturated carbocycles. The Hall–Kier alpha value is -3.33. The average molecular weight is 426 g/mol. The number of methoxy groups -OCH3 is 2. The minimum absolute atomic E-state index is 0.177. The number of nitrogens with zero attached hydrogens (tertiary/aromatic N) is 4. The van der Waals surface area contributed by atoms with Gasteiger partial charge < -0.3 is 14.0 Å². The predicted octanol–water partition coefficient (Wildman–Crippen LogP) is 3.22. The molecule has 156 valence electrons. The summed E-state index contributed by atoms with van der Waals surface area (Å²) in [4.78, 5) is 12.1. The summed E-state index contributed by atoms with van der Waals surface area (Å²) in [5, 5.41) is 13.2. The minimum Gasteiger partial charge on any atom is -0.493 e. The van der Waals surface area contributed by atoms with Gasteiger partial charge in [-0.1, -0.05) is 42.1 Å². The van der Waals surface area contributed by atoms with Crippen molar-refractivity contribution in [2.24, 2.45) is 5.10 Å². The molecule has 0 aliphatic heterocycles. The van der Waals surface area contributed by atoms with Crippen molar-refractivity contribution in [3.05, 3.63) is 54.1 Å². The van der Waals surface area contributed by atoms with Crippen molar-refractivity contribution in [2.45, 2.75) is 18.6 Å². The fourth-order valence-corrected chi connectivity index (χ4v) is 3.54. The van der Waals surface area contributed by atoms with Crippen molar-refractivity contribution < 1.29 is 14.3 Å². The SMILES string of the molecule is CCn1c(SCC(=O)NN=Cc2ccccc2)nnc1-c1ccc(OC)c(OC)c1. The Morgan fingerprint density at radius 3 is 2.60 bits per heavy atom. The molecular formula is C21H23N5O3S. The average Bonchev–Trinajstić information content (AvgIpc) is 3.20. The number of aromatic nitrogens is 3. The lowest BCUT2D eigenvalue weighted by Gasteiger charge is -2.10. The molecule has 1 amide bonds. The molecule has 0 unspecified atom stereocenters. The van der Waals surface area contributed by atoms with E-state index in [1.165, 1.54) is 11.8 Å². The molecular weight excluding hydrogens is 402 g/mol. The number of hydrogen-bond acceptors (Lipinski definition) is 7. The molecule has 8 nitrogen and oxygen atoms in total. The Kier molecular flexibility index (Phi) is 7.45. The highest BCUT2D eigenvalue weighted by Crippen LogP contribution is 2.32. The largest absolute Gasteiger partial charge is 0.493 e. The molecule has 30 heavy (non-hydrogen) atoms. The van der Waals surface area contributed by atoms with Crippen LogP contribution in [0.2, 0.25) is 0 Å². The number of hydrazone groups is 1. The maximum absolute atomic E-state index is 12.1. The summed E-state index contributed by atoms with van der Waals surface area (Å²) in [6.07, 6.45) is 1.60. The first kappa shape index (κ1) is 21.4. The van der Waals surface area contributed by atoms with Gasteiger partial charge in [0.2, 0.25) is 0 Å². The molecule has 9 heteroatoms. The van der Waals surface area contributed by atoms with Crippen molar-refractivity contribution in [1.82, 2.24) is 20.2 Å². The lowest BCUT2D eigenvalue weighted by atomic mass is 10.2. The van der Waals surface area contributed by atoms with Crippen LogP contribution < -0.4 is 14.9 Å². The lowest BCUT2D eigenvalue weighted by Crippen LogP contribution is -2.20. The molecule has 1 aromatic heterocycles. The van der Waals surface area contributed by atoms with E-state index in [1.807, 2.05) is 60.0 Å². The summed E-state index contributed by atoms with van der Waals surface area (Å²) in [5.74, 6) is 1.92. The number of carbonyl (C=O) groups is 1. The zero-order valence-electron chi connectivity index (χ0n) is 17.0. The summed E-state index contributed by atoms with van der Waals surface area (Å²) in [5.41, 5.74) is 4.29. The fourth-order valence-electron chi connectivity index (χ4n) is 2.75. The second-order valence-corrected chi connectivity index (χ2v) is 7.06. The van der Waals surface area contributed by atoms with Crippen LogP contribution in [-0.4, -0.2) is 46.9 Å². The predicted molar refractivity (Wildman–Crippen MR) is 117 cm³/mol. The maximum Gasteiger partial charge on any atom is 0.250 e. The van der Waals surface area contributed by atoms with E-state index in [0.29, 0.717) is 29.0 Å². The molecule has 1 N–H and O–H groups in total. The van der Waals surface area contributed by atoms with Gasteiger partial charge in [0.25, 0.3) is 5.91 Å². The van der Waals surface area contributed by atoms with Crippen LogP contribution in [-0.2, 0) is 11.3 Å². The van der Waals surface area contributed by atoms with E-state index in [0.717, 1.165) is 11.1 Å². The normalized spacial score (nSPS) is 10.9. The van der Waals surface area contributed by atoms with Gasteiger partial charge in [-0.15, -0.1) is 10.2 Å². The Morgan fingerprint density at radius 1 is 1.13 bits per heavy atom. The lowest BCUT2D eigenvalue weighted by molar-refractivity contribution is -0.118. The van der Waals surface area contributed by atoms with Crippen LogP contribution in [0.3, 0.4) is 0 Å². The zero-order chi connectivity index (χ0) is 21.3. The highest BCUT2D eigenvalue weighted by molar-refractivity contribution is 7.99. The van der Waals surface area contributed by atoms with Crippen molar-refractivity contribution >= 4 is 23.9 Å². The molecule has 0 bridgehead atoms. The van der Waals surface area contributed by atoms with Crippen LogP contribution in [0.25, 0.3) is 11.4 Å². The van der Waals surface area contributed by atoms with Crippen LogP contribution in [0.1, 0.15) is 12.5 Å². The van der Waals surface area contributed by atoms with E-state index < -0.39 is 0 Å². The number of hydrogen-bond donors (Lipinski definition) is 1. The minimum atomic E-state index is -0.217. The van der Waals surface area contributed by atoms with Gasteiger partial charge in [0.15, 0.2) is 22.5 Å². The second kappa shape index (κ2) is 10.4. The van der Waals surface area contributed by atoms with Crippen LogP contribution in [0.15, 0.2) is 58.8 Å². The highest BCUT2D eigenvalue weighted by Gasteiger charge is 2.16. The van der Waals surface area contributed by atoms with Gasteiger partial charge in [-0.05, 0) is 30.7 Å². The first-order valence-electron chi connectivity index (χ1n) is 9.31. The maximum atomic E-state index is 12.1. The standard InChI is InChI=1S/C21H23N5O3S/c1-4-26-20(16-10-11-17(28-2)18(12-16)29-3)24-25-21(26)30-14-19(27)23-22-13-15-8-6-5-7-9-15/h5-13H,4,14H2,1-3H3,(H,23,27). The topological polar surface area (TPSA) is 90.6 Å². The zero-order valence-corrected chi connectivity index (χ0v) is 17.8. The van der Waals surface area contributed by atoms with E-state index in [9.17, 15) is 4.79 Å². The quantitative estimate of drug-likeness (QED) is 0.322. The van der Waals surface area contributed by atoms with Crippen molar-refractivity contribution in [3.63, 3.8) is 0 Å². The van der Waals surface area contributed by atoms with Crippen LogP contribution in [0, 0.1) is 0 Å². The summed E-state index contributed by atoms with van der Waals surface area (Å²) in [6.45, 7) is 2.66. The molecule has 0 radical (unpaired) electrons. The van der Waals surface area contributed by atoms with Crippen LogP contribution in [0.5, 0.6) is 11.5 Å². The molecule has 3 aromatic rings. The van der Waals surface area contributed by atoms with Crippen molar-refractivity contribution in [3.8, 4) is 22.9 Å².